The van der Waals surface area contributed by atoms with Gasteiger partial charge >= 0.3 is 11.9 Å². The summed E-state index contributed by atoms with van der Waals surface area (Å²) in [5, 5.41) is 2.96. The molecule has 7 aromatic carbocycles. The summed E-state index contributed by atoms with van der Waals surface area (Å²) in [5.41, 5.74) is 3.49. The standard InChI is InChI=1S/C27H23NO6.C24H31NO4.C19H17NO5/c1-4-28-25(30)19-11-10-18(24(29)17-8-6-5-7-9-17)23-21(13-12-20(22(19)23)26(28)31)33-14-15-34-27(32)16(2)3;1-5-6-7-8-9-10-15-29-20-14-12-18-21-17(11-13-19(28-4)22(20)21)23(26)25(16(2)3)24(18)27;1-5-15(21)25-14-9-7-12-16-11(6-8-13(24-4)17(14)16)18(22)20(10(2)3)19(12)23/h5-13H,2,4,14-15H2,1,3H3;11-14,16H,5-10,15H2,1-4H3;5-10H,1H2,2-4H3. The molecule has 7 aromatic rings. The molecule has 0 aromatic heterocycles. The van der Waals surface area contributed by atoms with Crippen LogP contribution in [0.25, 0.3) is 32.3 Å². The second kappa shape index (κ2) is 28.0. The third-order valence-corrected chi connectivity index (χ3v) is 15.2. The zero-order valence-electron chi connectivity index (χ0n) is 51.0. The first-order valence-electron chi connectivity index (χ1n) is 29.3. The quantitative estimate of drug-likeness (QED) is 0.0154. The Labute approximate surface area is 510 Å². The lowest BCUT2D eigenvalue weighted by atomic mass is 9.88. The Morgan fingerprint density at radius 3 is 1.38 bits per heavy atom. The molecule has 18 nitrogen and oxygen atoms in total. The van der Waals surface area contributed by atoms with Crippen LogP contribution < -0.4 is 23.7 Å². The molecule has 0 unspecified atom stereocenters. The fourth-order valence-corrected chi connectivity index (χ4v) is 10.9. The van der Waals surface area contributed by atoms with E-state index in [1.54, 1.807) is 120 Å². The predicted molar refractivity (Wildman–Crippen MR) is 333 cm³/mol. The van der Waals surface area contributed by atoms with E-state index in [4.69, 9.17) is 28.4 Å². The van der Waals surface area contributed by atoms with Crippen LogP contribution in [0.5, 0.6) is 28.7 Å². The first kappa shape index (κ1) is 64.0. The minimum absolute atomic E-state index is 0.0135. The number of amides is 6. The number of carbonyl (C=O) groups is 9. The monoisotopic (exact) mass is 1190 g/mol. The number of methoxy groups -OCH3 is 2. The van der Waals surface area contributed by atoms with E-state index >= 15 is 0 Å². The number of benzene rings is 7. The van der Waals surface area contributed by atoms with Crippen LogP contribution >= 0.6 is 0 Å². The zero-order chi connectivity index (χ0) is 63.7. The van der Waals surface area contributed by atoms with Gasteiger partial charge in [0.15, 0.2) is 5.78 Å². The summed E-state index contributed by atoms with van der Waals surface area (Å²) >= 11 is 0. The van der Waals surface area contributed by atoms with Gasteiger partial charge in [-0.2, -0.15) is 0 Å². The van der Waals surface area contributed by atoms with Gasteiger partial charge in [-0.05, 0) is 121 Å². The Hall–Kier alpha value is -9.97. The zero-order valence-corrected chi connectivity index (χ0v) is 51.0. The number of ether oxygens (including phenoxy) is 6. The van der Waals surface area contributed by atoms with Crippen LogP contribution in [0.1, 0.15) is 165 Å². The van der Waals surface area contributed by atoms with Crippen molar-refractivity contribution in [2.75, 3.05) is 40.6 Å². The number of hydrogen-bond donors (Lipinski definition) is 0. The minimum atomic E-state index is -0.639. The molecule has 18 heteroatoms. The molecule has 3 aliphatic rings. The van der Waals surface area contributed by atoms with Crippen molar-refractivity contribution in [2.45, 2.75) is 99.1 Å². The summed E-state index contributed by atoms with van der Waals surface area (Å²) in [4.78, 5) is 118. The van der Waals surface area contributed by atoms with Crippen molar-refractivity contribution in [3.05, 3.63) is 172 Å². The molecule has 0 saturated carbocycles. The van der Waals surface area contributed by atoms with Gasteiger partial charge < -0.3 is 28.4 Å². The number of imide groups is 3. The molecule has 0 fully saturated rings. The van der Waals surface area contributed by atoms with Crippen molar-refractivity contribution >= 4 is 85.5 Å². The topological polar surface area (TPSA) is 219 Å². The maximum atomic E-state index is 13.4. The molecule has 0 saturated heterocycles. The Bertz CT molecular complexity index is 3910. The lowest BCUT2D eigenvalue weighted by Gasteiger charge is -2.30. The molecule has 3 heterocycles. The van der Waals surface area contributed by atoms with E-state index in [0.29, 0.717) is 106 Å². The van der Waals surface area contributed by atoms with Gasteiger partial charge in [0.05, 0.1) is 31.6 Å². The Morgan fingerprint density at radius 2 is 0.909 bits per heavy atom. The van der Waals surface area contributed by atoms with Gasteiger partial charge in [0.2, 0.25) is 0 Å². The van der Waals surface area contributed by atoms with Crippen LogP contribution in [0.15, 0.2) is 128 Å². The molecule has 10 rings (SSSR count). The van der Waals surface area contributed by atoms with Gasteiger partial charge in [0.1, 0.15) is 42.0 Å². The molecule has 0 atom stereocenters. The van der Waals surface area contributed by atoms with Gasteiger partial charge in [-0.3, -0.25) is 48.3 Å². The molecular formula is C70H71N3O15. The van der Waals surface area contributed by atoms with Gasteiger partial charge in [-0.1, -0.05) is 82.5 Å². The molecule has 6 amide bonds. The van der Waals surface area contributed by atoms with Crippen molar-refractivity contribution in [1.29, 1.82) is 0 Å². The predicted octanol–water partition coefficient (Wildman–Crippen LogP) is 12.7. The Kier molecular flexibility index (Phi) is 20.4. The minimum Gasteiger partial charge on any atom is -0.496 e. The highest BCUT2D eigenvalue weighted by Crippen LogP contribution is 2.44. The SMILES string of the molecule is C=C(C)C(=O)OCCOc1ccc2c3c(ccc(C(=O)c4ccccc4)c13)C(=O)N(CC)C2=O.C=CC(=O)Oc1ccc2c3c(ccc(OC)c13)C(=O)N(C(C)C)C2=O.CCCCCCCCOc1ccc2c3c(ccc(OC)c13)C(=O)N(C(C)C)C2=O. The number of rotatable bonds is 22. The third kappa shape index (κ3) is 12.6. The molecule has 3 aliphatic heterocycles. The average molecular weight is 1190 g/mol. The first-order valence-corrected chi connectivity index (χ1v) is 29.3. The first-order chi connectivity index (χ1) is 42.3. The smallest absolute Gasteiger partial charge is 0.335 e. The summed E-state index contributed by atoms with van der Waals surface area (Å²) in [6.45, 7) is 20.5. The summed E-state index contributed by atoms with van der Waals surface area (Å²) in [6.07, 6.45) is 8.16. The van der Waals surface area contributed by atoms with E-state index in [1.807, 2.05) is 26.0 Å². The van der Waals surface area contributed by atoms with Gasteiger partial charge in [0.25, 0.3) is 35.4 Å². The van der Waals surface area contributed by atoms with Gasteiger partial charge in [-0.15, -0.1) is 0 Å². The largest absolute Gasteiger partial charge is 0.496 e. The van der Waals surface area contributed by atoms with Crippen molar-refractivity contribution in [2.24, 2.45) is 0 Å². The van der Waals surface area contributed by atoms with Crippen LogP contribution in [0.2, 0.25) is 0 Å². The maximum Gasteiger partial charge on any atom is 0.335 e. The fraction of sp³-hybridized carbons (Fsp3) is 0.300. The Balaban J connectivity index is 0.000000173. The maximum absolute atomic E-state index is 13.4. The third-order valence-electron chi connectivity index (χ3n) is 15.2. The highest BCUT2D eigenvalue weighted by atomic mass is 16.6. The fourth-order valence-electron chi connectivity index (χ4n) is 10.9. The van der Waals surface area contributed by atoms with Crippen LogP contribution in [0, 0.1) is 0 Å². The molecule has 0 N–H and O–H groups in total. The van der Waals surface area contributed by atoms with Crippen LogP contribution in [-0.4, -0.2) is 121 Å². The number of carbonyl (C=O) groups excluding carboxylic acids is 9. The van der Waals surface area contributed by atoms with E-state index in [1.165, 1.54) is 53.6 Å². The van der Waals surface area contributed by atoms with Crippen LogP contribution in [0.3, 0.4) is 0 Å². The lowest BCUT2D eigenvalue weighted by Crippen LogP contribution is -2.44. The Morgan fingerprint density at radius 1 is 0.489 bits per heavy atom. The molecule has 0 radical (unpaired) electrons. The van der Waals surface area contributed by atoms with Crippen LogP contribution in [0.4, 0.5) is 0 Å². The van der Waals surface area contributed by atoms with Crippen molar-refractivity contribution < 1.29 is 71.6 Å². The van der Waals surface area contributed by atoms with Crippen molar-refractivity contribution in [3.63, 3.8) is 0 Å². The molecule has 0 bridgehead atoms. The summed E-state index contributed by atoms with van der Waals surface area (Å²) in [7, 11) is 3.06. The van der Waals surface area contributed by atoms with Crippen molar-refractivity contribution in [3.8, 4) is 28.7 Å². The molecule has 0 spiro atoms. The molecule has 88 heavy (non-hydrogen) atoms. The lowest BCUT2D eigenvalue weighted by molar-refractivity contribution is -0.139. The normalized spacial score (nSPS) is 13.1. The van der Waals surface area contributed by atoms with E-state index in [-0.39, 0.29) is 72.6 Å². The summed E-state index contributed by atoms with van der Waals surface area (Å²) in [6, 6.07) is 28.1. The average Bonchev–Trinajstić information content (AvgIpc) is 0.773. The summed E-state index contributed by atoms with van der Waals surface area (Å²) in [5.74, 6) is -1.36. The number of ketones is 1. The second-order valence-electron chi connectivity index (χ2n) is 21.6. The van der Waals surface area contributed by atoms with E-state index in [0.717, 1.165) is 18.9 Å². The number of esters is 2. The molecule has 0 aliphatic carbocycles. The van der Waals surface area contributed by atoms with Crippen LogP contribution in [-0.2, 0) is 14.3 Å². The molecule has 456 valence electrons. The van der Waals surface area contributed by atoms with E-state index < -0.39 is 23.8 Å². The molecular weight excluding hydrogens is 1120 g/mol. The van der Waals surface area contributed by atoms with Gasteiger partial charge in [0, 0.05) is 96.3 Å². The highest BCUT2D eigenvalue weighted by molar-refractivity contribution is 6.31. The van der Waals surface area contributed by atoms with Gasteiger partial charge in [-0.25, -0.2) is 9.59 Å². The summed E-state index contributed by atoms with van der Waals surface area (Å²) < 4.78 is 33.2. The highest BCUT2D eigenvalue weighted by Gasteiger charge is 2.39. The second-order valence-corrected chi connectivity index (χ2v) is 21.6. The number of hydrogen-bond acceptors (Lipinski definition) is 15. The van der Waals surface area contributed by atoms with E-state index in [9.17, 15) is 43.2 Å². The van der Waals surface area contributed by atoms with E-state index in [2.05, 4.69) is 20.1 Å². The number of unbranched alkanes of at least 4 members (excludes halogenated alkanes) is 5. The number of nitrogens with zero attached hydrogens (tertiary/aromatic N) is 3. The van der Waals surface area contributed by atoms with Crippen molar-refractivity contribution in [1.82, 2.24) is 14.7 Å².